The highest BCUT2D eigenvalue weighted by Crippen LogP contribution is 2.39. The van der Waals surface area contributed by atoms with Crippen molar-refractivity contribution in [3.63, 3.8) is 0 Å². The lowest BCUT2D eigenvalue weighted by Crippen LogP contribution is -2.43. The van der Waals surface area contributed by atoms with Gasteiger partial charge in [-0.1, -0.05) is 42.1 Å². The monoisotopic (exact) mass is 551 g/mol. The molecule has 11 heteroatoms. The molecule has 2 aromatic carbocycles. The Labute approximate surface area is 229 Å². The van der Waals surface area contributed by atoms with E-state index in [0.717, 1.165) is 33.6 Å². The number of likely N-dealkylation sites (tertiary alicyclic amines) is 1. The van der Waals surface area contributed by atoms with E-state index in [1.54, 1.807) is 35.2 Å². The lowest BCUT2D eigenvalue weighted by atomic mass is 10.0. The molecule has 2 unspecified atom stereocenters. The number of hydrogen-bond donors (Lipinski definition) is 2. The van der Waals surface area contributed by atoms with Crippen LogP contribution in [0.3, 0.4) is 0 Å². The number of amides is 1. The first-order chi connectivity index (χ1) is 18.6. The molecule has 2 saturated heterocycles. The summed E-state index contributed by atoms with van der Waals surface area (Å²) in [5, 5.41) is 9.59. The summed E-state index contributed by atoms with van der Waals surface area (Å²) < 4.78 is 17.3. The Morgan fingerprint density at radius 1 is 1.16 bits per heavy atom. The first-order valence-corrected chi connectivity index (χ1v) is 14.3. The number of carbonyl (C=O) groups excluding carboxylic acids is 1. The van der Waals surface area contributed by atoms with Crippen LogP contribution in [0.5, 0.6) is 11.6 Å². The van der Waals surface area contributed by atoms with Crippen molar-refractivity contribution < 1.29 is 19.0 Å². The van der Waals surface area contributed by atoms with Crippen LogP contribution in [0.4, 0.5) is 0 Å². The van der Waals surface area contributed by atoms with Gasteiger partial charge >= 0.3 is 0 Å². The molecular weight excluding hydrogens is 522 g/mol. The Bertz CT molecular complexity index is 1320. The van der Waals surface area contributed by atoms with Gasteiger partial charge in [-0.25, -0.2) is 4.98 Å². The van der Waals surface area contributed by atoms with E-state index < -0.39 is 0 Å². The average Bonchev–Trinajstić information content (AvgIpc) is 3.47. The van der Waals surface area contributed by atoms with Gasteiger partial charge in [0, 0.05) is 30.1 Å². The van der Waals surface area contributed by atoms with Gasteiger partial charge in [-0.2, -0.15) is 5.10 Å². The molecule has 4 atom stereocenters. The second-order valence-corrected chi connectivity index (χ2v) is 11.6. The summed E-state index contributed by atoms with van der Waals surface area (Å²) in [5.41, 5.74) is 4.82. The van der Waals surface area contributed by atoms with E-state index in [1.165, 1.54) is 0 Å². The van der Waals surface area contributed by atoms with Gasteiger partial charge in [-0.15, -0.1) is 11.3 Å². The maximum absolute atomic E-state index is 13.1. The minimum Gasteiger partial charge on any atom is -0.488 e. The molecule has 0 saturated carbocycles. The van der Waals surface area contributed by atoms with Crippen molar-refractivity contribution in [3.05, 3.63) is 65.0 Å². The summed E-state index contributed by atoms with van der Waals surface area (Å²) in [6, 6.07) is 17.2. The van der Waals surface area contributed by atoms with Gasteiger partial charge in [0.05, 0.1) is 12.6 Å². The number of aromatic nitrogens is 1. The summed E-state index contributed by atoms with van der Waals surface area (Å²) in [5.74, 6) is 1.30. The first-order valence-electron chi connectivity index (χ1n) is 12.6. The average molecular weight is 552 g/mol. The third-order valence-electron chi connectivity index (χ3n) is 6.58. The Balaban J connectivity index is 1.08. The van der Waals surface area contributed by atoms with Gasteiger partial charge in [-0.05, 0) is 38.2 Å². The van der Waals surface area contributed by atoms with Gasteiger partial charge in [0.15, 0.2) is 11.7 Å². The number of hydrazone groups is 1. The van der Waals surface area contributed by atoms with Crippen LogP contribution < -0.4 is 20.2 Å². The van der Waals surface area contributed by atoms with Gasteiger partial charge < -0.3 is 24.4 Å². The predicted molar refractivity (Wildman–Crippen MR) is 149 cm³/mol. The second-order valence-electron chi connectivity index (χ2n) is 9.39. The molecule has 0 aliphatic carbocycles. The quantitative estimate of drug-likeness (QED) is 0.388. The van der Waals surface area contributed by atoms with Crippen LogP contribution in [0.15, 0.2) is 59.7 Å². The smallest absolute Gasteiger partial charge is 0.251 e. The third kappa shape index (κ3) is 5.51. The highest BCUT2D eigenvalue weighted by Gasteiger charge is 2.47. The van der Waals surface area contributed by atoms with Crippen LogP contribution in [0.1, 0.15) is 22.2 Å². The molecule has 6 rings (SSSR count). The molecule has 3 aliphatic rings. The lowest BCUT2D eigenvalue weighted by Gasteiger charge is -2.22. The molecule has 1 aromatic heterocycles. The molecule has 0 radical (unpaired) electrons. The highest BCUT2D eigenvalue weighted by molar-refractivity contribution is 8.14. The zero-order chi connectivity index (χ0) is 26.1. The molecule has 4 heterocycles. The standard InChI is InChI=1S/C27H29N5O4S2/c1-3-34-23-21(37-25(29-23)17-7-5-4-6-8-17)15-35-18-11-9-16(10-12-18)22(33)28-20-14-32(2)13-19(20)26-31-30-24-27(36-24)38-26/h4-12,19-20,24,27,30H,3,13-15H2,1-2H3,(H,28,33)/t19-,20+,24?,27?/m0/s1. The van der Waals surface area contributed by atoms with E-state index >= 15 is 0 Å². The molecule has 0 spiro atoms. The minimum atomic E-state index is -0.106. The van der Waals surface area contributed by atoms with Crippen LogP contribution >= 0.6 is 23.1 Å². The normalized spacial score (nSPS) is 24.2. The molecule has 9 nitrogen and oxygen atoms in total. The van der Waals surface area contributed by atoms with Gasteiger partial charge in [0.1, 0.15) is 27.3 Å². The van der Waals surface area contributed by atoms with Crippen molar-refractivity contribution in [1.29, 1.82) is 0 Å². The fourth-order valence-electron chi connectivity index (χ4n) is 4.61. The molecule has 3 aromatic rings. The van der Waals surface area contributed by atoms with E-state index in [1.807, 2.05) is 49.4 Å². The molecule has 0 bridgehead atoms. The molecule has 38 heavy (non-hydrogen) atoms. The van der Waals surface area contributed by atoms with Gasteiger partial charge in [0.2, 0.25) is 5.88 Å². The van der Waals surface area contributed by atoms with E-state index in [-0.39, 0.29) is 29.5 Å². The topological polar surface area (TPSA) is 101 Å². The third-order valence-corrected chi connectivity index (χ3v) is 8.86. The number of epoxide rings is 1. The summed E-state index contributed by atoms with van der Waals surface area (Å²) in [6.45, 7) is 4.42. The summed E-state index contributed by atoms with van der Waals surface area (Å²) in [7, 11) is 2.06. The summed E-state index contributed by atoms with van der Waals surface area (Å²) in [4.78, 5) is 20.9. The molecule has 3 aliphatic heterocycles. The number of nitrogens with zero attached hydrogens (tertiary/aromatic N) is 3. The van der Waals surface area contributed by atoms with Crippen LogP contribution in [0.25, 0.3) is 10.6 Å². The van der Waals surface area contributed by atoms with Crippen molar-refractivity contribution in [2.45, 2.75) is 31.2 Å². The van der Waals surface area contributed by atoms with E-state index in [4.69, 9.17) is 14.2 Å². The maximum Gasteiger partial charge on any atom is 0.251 e. The second kappa shape index (κ2) is 10.9. The fourth-order valence-corrected chi connectivity index (χ4v) is 6.65. The fraction of sp³-hybridized carbons (Fsp3) is 0.370. The Morgan fingerprint density at radius 3 is 2.74 bits per heavy atom. The van der Waals surface area contributed by atoms with Crippen molar-refractivity contribution in [2.75, 3.05) is 26.7 Å². The molecule has 2 N–H and O–H groups in total. The Morgan fingerprint density at radius 2 is 1.97 bits per heavy atom. The number of ether oxygens (including phenoxy) is 3. The van der Waals surface area contributed by atoms with Crippen LogP contribution in [0, 0.1) is 5.92 Å². The molecule has 2 fully saturated rings. The predicted octanol–water partition coefficient (Wildman–Crippen LogP) is 3.78. The van der Waals surface area contributed by atoms with E-state index in [9.17, 15) is 4.79 Å². The maximum atomic E-state index is 13.1. The number of hydrogen-bond acceptors (Lipinski definition) is 10. The van der Waals surface area contributed by atoms with Crippen LogP contribution in [-0.4, -0.2) is 65.3 Å². The van der Waals surface area contributed by atoms with Gasteiger partial charge in [0.25, 0.3) is 5.91 Å². The number of rotatable bonds is 9. The van der Waals surface area contributed by atoms with Crippen molar-refractivity contribution in [3.8, 4) is 22.2 Å². The highest BCUT2D eigenvalue weighted by atomic mass is 32.2. The minimum absolute atomic E-state index is 0.0195. The first kappa shape index (κ1) is 25.2. The number of nitrogens with one attached hydrogen (secondary N) is 2. The number of fused-ring (bicyclic) bond motifs is 1. The number of thiazole rings is 1. The lowest BCUT2D eigenvalue weighted by molar-refractivity contribution is 0.0935. The number of likely N-dealkylation sites (N-methyl/N-ethyl adjacent to an activating group) is 1. The molecular formula is C27H29N5O4S2. The molecule has 1 amide bonds. The van der Waals surface area contributed by atoms with Crippen LogP contribution in [-0.2, 0) is 11.3 Å². The number of benzene rings is 2. The Hall–Kier alpha value is -3.12. The SMILES string of the molecule is CCOc1nc(-c2ccccc2)sc1COc1ccc(C(=O)N[C@@H]2CN(C)C[C@@H]2C2=NNC3OC3S2)cc1. The largest absolute Gasteiger partial charge is 0.488 e. The van der Waals surface area contributed by atoms with E-state index in [0.29, 0.717) is 30.4 Å². The van der Waals surface area contributed by atoms with E-state index in [2.05, 4.69) is 32.8 Å². The Kier molecular flexibility index (Phi) is 7.24. The van der Waals surface area contributed by atoms with Gasteiger partial charge in [-0.3, -0.25) is 10.2 Å². The molecule has 198 valence electrons. The number of carbonyl (C=O) groups is 1. The number of thioether (sulfide) groups is 1. The van der Waals surface area contributed by atoms with Crippen molar-refractivity contribution in [2.24, 2.45) is 11.0 Å². The van der Waals surface area contributed by atoms with Crippen molar-refractivity contribution >= 4 is 34.0 Å². The van der Waals surface area contributed by atoms with Crippen LogP contribution in [0.2, 0.25) is 0 Å². The zero-order valence-electron chi connectivity index (χ0n) is 21.1. The summed E-state index contributed by atoms with van der Waals surface area (Å²) >= 11 is 3.21. The van der Waals surface area contributed by atoms with Crippen molar-refractivity contribution in [1.82, 2.24) is 20.6 Å². The summed E-state index contributed by atoms with van der Waals surface area (Å²) in [6.07, 6.45) is 0.0319. The zero-order valence-corrected chi connectivity index (χ0v) is 22.8.